The first-order valence-corrected chi connectivity index (χ1v) is 6.95. The average molecular weight is 256 g/mol. The van der Waals surface area contributed by atoms with Crippen molar-refractivity contribution in [1.82, 2.24) is 0 Å². The average Bonchev–Trinajstić information content (AvgIpc) is 2.38. The van der Waals surface area contributed by atoms with E-state index in [9.17, 15) is 9.59 Å². The zero-order valence-corrected chi connectivity index (χ0v) is 11.4. The van der Waals surface area contributed by atoms with Crippen LogP contribution in [0, 0.1) is 11.3 Å². The van der Waals surface area contributed by atoms with E-state index in [1.54, 1.807) is 0 Å². The molecule has 0 unspecified atom stereocenters. The summed E-state index contributed by atoms with van der Waals surface area (Å²) < 4.78 is 5.33. The monoisotopic (exact) mass is 256 g/mol. The maximum absolute atomic E-state index is 12.1. The lowest BCUT2D eigenvalue weighted by molar-refractivity contribution is -0.161. The van der Waals surface area contributed by atoms with Gasteiger partial charge >= 0.3 is 11.9 Å². The van der Waals surface area contributed by atoms with Gasteiger partial charge < -0.3 is 9.84 Å². The van der Waals surface area contributed by atoms with Gasteiger partial charge in [0.05, 0.1) is 17.9 Å². The van der Waals surface area contributed by atoms with Gasteiger partial charge in [0, 0.05) is 0 Å². The Morgan fingerprint density at radius 2 is 1.89 bits per heavy atom. The number of esters is 1. The van der Waals surface area contributed by atoms with E-state index in [-0.39, 0.29) is 11.9 Å². The number of carboxylic acids is 1. The Hall–Kier alpha value is -1.06. The summed E-state index contributed by atoms with van der Waals surface area (Å²) in [5, 5.41) is 8.98. The van der Waals surface area contributed by atoms with Crippen molar-refractivity contribution < 1.29 is 19.4 Å². The highest BCUT2D eigenvalue weighted by Crippen LogP contribution is 2.42. The lowest BCUT2D eigenvalue weighted by Crippen LogP contribution is -2.38. The standard InChI is InChI=1S/C14H24O4/c1-3-5-10-18-13(17)14(4-2)8-6-11(7-9-14)12(15)16/h11H,3-10H2,1-2H3,(H,15,16)/t11-,14-. The first-order valence-electron chi connectivity index (χ1n) is 6.95. The molecular weight excluding hydrogens is 232 g/mol. The second-order valence-electron chi connectivity index (χ2n) is 5.24. The van der Waals surface area contributed by atoms with Crippen LogP contribution in [-0.4, -0.2) is 23.7 Å². The lowest BCUT2D eigenvalue weighted by atomic mass is 9.69. The Labute approximate surface area is 109 Å². The third-order valence-electron chi connectivity index (χ3n) is 4.13. The number of hydrogen-bond donors (Lipinski definition) is 1. The van der Waals surface area contributed by atoms with Crippen LogP contribution in [0.5, 0.6) is 0 Å². The fourth-order valence-corrected chi connectivity index (χ4v) is 2.58. The van der Waals surface area contributed by atoms with Crippen molar-refractivity contribution in [2.24, 2.45) is 11.3 Å². The molecule has 1 aliphatic rings. The molecule has 0 aliphatic heterocycles. The molecule has 0 aromatic carbocycles. The molecule has 0 amide bonds. The van der Waals surface area contributed by atoms with E-state index in [0.717, 1.165) is 19.3 Å². The summed E-state index contributed by atoms with van der Waals surface area (Å²) in [4.78, 5) is 23.1. The maximum atomic E-state index is 12.1. The number of carbonyl (C=O) groups excluding carboxylic acids is 1. The molecular formula is C14H24O4. The molecule has 4 nitrogen and oxygen atoms in total. The maximum Gasteiger partial charge on any atom is 0.312 e. The molecule has 1 fully saturated rings. The summed E-state index contributed by atoms with van der Waals surface area (Å²) in [7, 11) is 0. The number of ether oxygens (including phenoxy) is 1. The third kappa shape index (κ3) is 3.47. The molecule has 18 heavy (non-hydrogen) atoms. The molecule has 1 N–H and O–H groups in total. The van der Waals surface area contributed by atoms with Crippen molar-refractivity contribution in [3.05, 3.63) is 0 Å². The Bertz CT molecular complexity index is 290. The molecule has 0 bridgehead atoms. The van der Waals surface area contributed by atoms with Crippen LogP contribution in [0.2, 0.25) is 0 Å². The molecule has 1 saturated carbocycles. The molecule has 0 atom stereocenters. The highest BCUT2D eigenvalue weighted by atomic mass is 16.5. The third-order valence-corrected chi connectivity index (χ3v) is 4.13. The summed E-state index contributed by atoms with van der Waals surface area (Å²) in [6.45, 7) is 4.53. The molecule has 0 radical (unpaired) electrons. The van der Waals surface area contributed by atoms with Gasteiger partial charge in [-0.25, -0.2) is 0 Å². The molecule has 0 saturated heterocycles. The van der Waals surface area contributed by atoms with Crippen molar-refractivity contribution in [2.75, 3.05) is 6.61 Å². The zero-order valence-electron chi connectivity index (χ0n) is 11.4. The van der Waals surface area contributed by atoms with Gasteiger partial charge in [-0.3, -0.25) is 9.59 Å². The zero-order chi connectivity index (χ0) is 13.6. The van der Waals surface area contributed by atoms with Gasteiger partial charge in [0.1, 0.15) is 0 Å². The molecule has 1 rings (SSSR count). The first kappa shape index (κ1) is 15.0. The van der Waals surface area contributed by atoms with Gasteiger partial charge in [-0.2, -0.15) is 0 Å². The number of hydrogen-bond acceptors (Lipinski definition) is 3. The molecule has 4 heteroatoms. The van der Waals surface area contributed by atoms with Crippen LogP contribution in [0.1, 0.15) is 58.8 Å². The van der Waals surface area contributed by atoms with E-state index < -0.39 is 11.4 Å². The second-order valence-corrected chi connectivity index (χ2v) is 5.24. The Morgan fingerprint density at radius 1 is 1.28 bits per heavy atom. The van der Waals surface area contributed by atoms with Crippen LogP contribution in [0.25, 0.3) is 0 Å². The van der Waals surface area contributed by atoms with Crippen LogP contribution >= 0.6 is 0 Å². The van der Waals surface area contributed by atoms with E-state index >= 15 is 0 Å². The van der Waals surface area contributed by atoms with Crippen LogP contribution in [0.3, 0.4) is 0 Å². The van der Waals surface area contributed by atoms with E-state index in [4.69, 9.17) is 9.84 Å². The molecule has 0 heterocycles. The summed E-state index contributed by atoms with van der Waals surface area (Å²) in [5.41, 5.74) is -0.431. The fraction of sp³-hybridized carbons (Fsp3) is 0.857. The van der Waals surface area contributed by atoms with Gasteiger partial charge in [0.15, 0.2) is 0 Å². The van der Waals surface area contributed by atoms with Gasteiger partial charge in [-0.1, -0.05) is 20.3 Å². The van der Waals surface area contributed by atoms with Gasteiger partial charge in [-0.15, -0.1) is 0 Å². The van der Waals surface area contributed by atoms with Crippen molar-refractivity contribution in [1.29, 1.82) is 0 Å². The van der Waals surface area contributed by atoms with E-state index in [1.165, 1.54) is 0 Å². The van der Waals surface area contributed by atoms with Crippen molar-refractivity contribution in [2.45, 2.75) is 58.8 Å². The van der Waals surface area contributed by atoms with E-state index in [0.29, 0.717) is 32.3 Å². The second kappa shape index (κ2) is 6.76. The van der Waals surface area contributed by atoms with Crippen molar-refractivity contribution in [3.63, 3.8) is 0 Å². The van der Waals surface area contributed by atoms with Crippen molar-refractivity contribution in [3.8, 4) is 0 Å². The fourth-order valence-electron chi connectivity index (χ4n) is 2.58. The summed E-state index contributed by atoms with van der Waals surface area (Å²) in [6, 6.07) is 0. The van der Waals surface area contributed by atoms with Crippen molar-refractivity contribution >= 4 is 11.9 Å². The smallest absolute Gasteiger partial charge is 0.312 e. The predicted octanol–water partition coefficient (Wildman–Crippen LogP) is 3.00. The first-order chi connectivity index (χ1) is 8.55. The largest absolute Gasteiger partial charge is 0.481 e. The normalized spacial score (nSPS) is 27.8. The van der Waals surface area contributed by atoms with E-state index in [1.807, 2.05) is 6.92 Å². The van der Waals surface area contributed by atoms with Crippen LogP contribution < -0.4 is 0 Å². The highest BCUT2D eigenvalue weighted by Gasteiger charge is 2.42. The van der Waals surface area contributed by atoms with E-state index in [2.05, 4.69) is 6.92 Å². The predicted molar refractivity (Wildman–Crippen MR) is 68.2 cm³/mol. The number of carboxylic acid groups (broad SMARTS) is 1. The van der Waals surface area contributed by atoms with Crippen LogP contribution in [0.15, 0.2) is 0 Å². The molecule has 0 spiro atoms. The Kier molecular flexibility index (Phi) is 5.63. The van der Waals surface area contributed by atoms with Gasteiger partial charge in [0.2, 0.25) is 0 Å². The van der Waals surface area contributed by atoms with Gasteiger partial charge in [0.25, 0.3) is 0 Å². The topological polar surface area (TPSA) is 63.6 Å². The molecule has 104 valence electrons. The Balaban J connectivity index is 2.54. The minimum absolute atomic E-state index is 0.123. The SMILES string of the molecule is CCCCOC(=O)[C@]1(CC)CC[C@@H](C(=O)O)CC1. The van der Waals surface area contributed by atoms with Crippen LogP contribution in [0.4, 0.5) is 0 Å². The molecule has 0 aromatic heterocycles. The number of aliphatic carboxylic acids is 1. The number of carbonyl (C=O) groups is 2. The number of rotatable bonds is 6. The summed E-state index contributed by atoms with van der Waals surface area (Å²) >= 11 is 0. The number of unbranched alkanes of at least 4 members (excludes halogenated alkanes) is 1. The molecule has 1 aliphatic carbocycles. The quantitative estimate of drug-likeness (QED) is 0.586. The minimum atomic E-state index is -0.737. The lowest BCUT2D eigenvalue weighted by Gasteiger charge is -2.36. The van der Waals surface area contributed by atoms with Crippen LogP contribution in [-0.2, 0) is 14.3 Å². The Morgan fingerprint density at radius 3 is 2.33 bits per heavy atom. The highest BCUT2D eigenvalue weighted by molar-refractivity contribution is 5.78. The molecule has 0 aromatic rings. The minimum Gasteiger partial charge on any atom is -0.481 e. The van der Waals surface area contributed by atoms with Gasteiger partial charge in [-0.05, 0) is 38.5 Å². The summed E-state index contributed by atoms with van der Waals surface area (Å²) in [5.74, 6) is -1.14. The summed E-state index contributed by atoms with van der Waals surface area (Å²) in [6.07, 6.45) is 5.11.